The summed E-state index contributed by atoms with van der Waals surface area (Å²) in [6.45, 7) is 0. The molecule has 0 aliphatic carbocycles. The van der Waals surface area contributed by atoms with Crippen LogP contribution in [0.4, 0.5) is 5.95 Å². The van der Waals surface area contributed by atoms with Crippen LogP contribution in [0, 0.1) is 0 Å². The van der Waals surface area contributed by atoms with Crippen molar-refractivity contribution in [1.82, 2.24) is 14.9 Å². The quantitative estimate of drug-likeness (QED) is 0.421. The second kappa shape index (κ2) is 4.77. The predicted octanol–water partition coefficient (Wildman–Crippen LogP) is 1.59. The lowest BCUT2D eigenvalue weighted by atomic mass is 10.1. The number of nitrogens with zero attached hydrogens (tertiary/aromatic N) is 4. The molecule has 0 aliphatic heterocycles. The van der Waals surface area contributed by atoms with Gasteiger partial charge in [-0.2, -0.15) is 5.10 Å². The first-order valence-corrected chi connectivity index (χ1v) is 5.76. The highest BCUT2D eigenvalue weighted by Crippen LogP contribution is 2.16. The predicted molar refractivity (Wildman–Crippen MR) is 75.3 cm³/mol. The summed E-state index contributed by atoms with van der Waals surface area (Å²) >= 11 is 0. The van der Waals surface area contributed by atoms with E-state index in [4.69, 9.17) is 5.84 Å². The molecule has 2 aromatic carbocycles. The molecule has 0 unspecified atom stereocenters. The fourth-order valence-electron chi connectivity index (χ4n) is 1.85. The maximum absolute atomic E-state index is 5.57. The summed E-state index contributed by atoms with van der Waals surface area (Å²) in [4.78, 5) is 0. The Labute approximate surface area is 109 Å². The van der Waals surface area contributed by atoms with Crippen molar-refractivity contribution in [3.8, 4) is 0 Å². The van der Waals surface area contributed by atoms with Crippen molar-refractivity contribution in [3.63, 3.8) is 0 Å². The molecule has 6 heteroatoms. The maximum Gasteiger partial charge on any atom is 0.263 e. The summed E-state index contributed by atoms with van der Waals surface area (Å²) in [5, 5.41) is 13.9. The molecule has 0 amide bonds. The fraction of sp³-hybridized carbons (Fsp3) is 0. The minimum Gasteiger partial charge on any atom is -0.335 e. The van der Waals surface area contributed by atoms with Crippen molar-refractivity contribution < 1.29 is 0 Å². The van der Waals surface area contributed by atoms with Crippen LogP contribution in [0.3, 0.4) is 0 Å². The van der Waals surface area contributed by atoms with Gasteiger partial charge < -0.3 is 5.84 Å². The zero-order chi connectivity index (χ0) is 13.1. The summed E-state index contributed by atoms with van der Waals surface area (Å²) in [6, 6.07) is 14.2. The van der Waals surface area contributed by atoms with E-state index in [1.807, 2.05) is 24.3 Å². The van der Waals surface area contributed by atoms with Gasteiger partial charge in [0, 0.05) is 5.56 Å². The average molecular weight is 252 g/mol. The van der Waals surface area contributed by atoms with Gasteiger partial charge in [-0.3, -0.25) is 0 Å². The molecule has 3 N–H and O–H groups in total. The molecule has 0 bridgehead atoms. The van der Waals surface area contributed by atoms with Crippen molar-refractivity contribution in [2.24, 2.45) is 5.10 Å². The molecule has 0 fully saturated rings. The second-order valence-electron chi connectivity index (χ2n) is 4.00. The van der Waals surface area contributed by atoms with Crippen LogP contribution in [0.5, 0.6) is 0 Å². The van der Waals surface area contributed by atoms with Crippen molar-refractivity contribution in [2.75, 3.05) is 11.3 Å². The number of fused-ring (bicyclic) bond motifs is 1. The molecule has 3 aromatic rings. The van der Waals surface area contributed by atoms with E-state index in [0.717, 1.165) is 10.9 Å². The van der Waals surface area contributed by atoms with Crippen LogP contribution in [-0.2, 0) is 0 Å². The normalized spacial score (nSPS) is 11.2. The topological polar surface area (TPSA) is 81.1 Å². The Bertz CT molecular complexity index is 725. The largest absolute Gasteiger partial charge is 0.335 e. The van der Waals surface area contributed by atoms with Gasteiger partial charge in [0.1, 0.15) is 6.33 Å². The second-order valence-corrected chi connectivity index (χ2v) is 4.00. The first-order valence-electron chi connectivity index (χ1n) is 5.76. The highest BCUT2D eigenvalue weighted by Gasteiger charge is 1.99. The smallest absolute Gasteiger partial charge is 0.263 e. The SMILES string of the molecule is Nn1cnnc1N/N=C/c1cccc2ccccc12. The van der Waals surface area contributed by atoms with E-state index in [2.05, 4.69) is 38.9 Å². The van der Waals surface area contributed by atoms with Crippen molar-refractivity contribution in [1.29, 1.82) is 0 Å². The van der Waals surface area contributed by atoms with Crippen LogP contribution < -0.4 is 11.3 Å². The molecule has 6 nitrogen and oxygen atoms in total. The number of nitrogens with one attached hydrogen (secondary N) is 1. The van der Waals surface area contributed by atoms with E-state index in [0.29, 0.717) is 5.95 Å². The van der Waals surface area contributed by atoms with E-state index in [9.17, 15) is 0 Å². The van der Waals surface area contributed by atoms with Crippen LogP contribution in [0.25, 0.3) is 10.8 Å². The fourth-order valence-corrected chi connectivity index (χ4v) is 1.85. The van der Waals surface area contributed by atoms with Gasteiger partial charge in [0.25, 0.3) is 5.95 Å². The standard InChI is InChI=1S/C13H12N6/c14-19-9-16-18-13(19)17-15-8-11-6-3-5-10-4-1-2-7-12(10)11/h1-9H,14H2,(H,17,18)/b15-8+. The number of aromatic nitrogens is 3. The van der Waals surface area contributed by atoms with Gasteiger partial charge in [-0.25, -0.2) is 10.1 Å². The molecule has 94 valence electrons. The third kappa shape index (κ3) is 2.23. The number of nitrogen functional groups attached to an aromatic ring is 1. The van der Waals surface area contributed by atoms with Crippen molar-refractivity contribution in [2.45, 2.75) is 0 Å². The van der Waals surface area contributed by atoms with Gasteiger partial charge in [0.15, 0.2) is 0 Å². The summed E-state index contributed by atoms with van der Waals surface area (Å²) in [6.07, 6.45) is 3.13. The van der Waals surface area contributed by atoms with E-state index in [1.165, 1.54) is 16.4 Å². The minimum absolute atomic E-state index is 0.386. The highest BCUT2D eigenvalue weighted by molar-refractivity contribution is 5.99. The van der Waals surface area contributed by atoms with Crippen LogP contribution in [0.15, 0.2) is 53.9 Å². The molecule has 0 radical (unpaired) electrons. The van der Waals surface area contributed by atoms with Crippen LogP contribution in [-0.4, -0.2) is 21.1 Å². The maximum atomic E-state index is 5.57. The summed E-state index contributed by atoms with van der Waals surface area (Å²) < 4.78 is 1.26. The van der Waals surface area contributed by atoms with Crippen molar-refractivity contribution in [3.05, 3.63) is 54.4 Å². The molecule has 0 aliphatic rings. The van der Waals surface area contributed by atoms with Gasteiger partial charge >= 0.3 is 0 Å². The Morgan fingerprint density at radius 2 is 2.00 bits per heavy atom. The average Bonchev–Trinajstić information content (AvgIpc) is 2.85. The van der Waals surface area contributed by atoms with Gasteiger partial charge in [-0.15, -0.1) is 10.2 Å². The Morgan fingerprint density at radius 1 is 1.16 bits per heavy atom. The minimum atomic E-state index is 0.386. The number of benzene rings is 2. The van der Waals surface area contributed by atoms with E-state index < -0.39 is 0 Å². The number of nitrogens with two attached hydrogens (primary N) is 1. The number of rotatable bonds is 3. The molecular weight excluding hydrogens is 240 g/mol. The lowest BCUT2D eigenvalue weighted by Gasteiger charge is -2.01. The van der Waals surface area contributed by atoms with Crippen molar-refractivity contribution >= 4 is 22.9 Å². The van der Waals surface area contributed by atoms with E-state index in [-0.39, 0.29) is 0 Å². The Morgan fingerprint density at radius 3 is 2.84 bits per heavy atom. The Kier molecular flexibility index (Phi) is 2.82. The zero-order valence-corrected chi connectivity index (χ0v) is 10.1. The van der Waals surface area contributed by atoms with Gasteiger partial charge in [-0.05, 0) is 10.8 Å². The lowest BCUT2D eigenvalue weighted by molar-refractivity contribution is 0.988. The third-order valence-corrected chi connectivity index (χ3v) is 2.76. The van der Waals surface area contributed by atoms with Crippen LogP contribution in [0.2, 0.25) is 0 Å². The number of hydrogen-bond acceptors (Lipinski definition) is 5. The Hall–Kier alpha value is -2.89. The van der Waals surface area contributed by atoms with Gasteiger partial charge in [-0.1, -0.05) is 42.5 Å². The summed E-state index contributed by atoms with van der Waals surface area (Å²) in [5.74, 6) is 5.95. The highest BCUT2D eigenvalue weighted by atomic mass is 15.5. The molecule has 0 saturated carbocycles. The van der Waals surface area contributed by atoms with Gasteiger partial charge in [0.05, 0.1) is 6.21 Å². The van der Waals surface area contributed by atoms with Gasteiger partial charge in [0.2, 0.25) is 0 Å². The summed E-state index contributed by atoms with van der Waals surface area (Å²) in [7, 11) is 0. The number of hydrazone groups is 1. The molecule has 0 spiro atoms. The van der Waals surface area contributed by atoms with Crippen LogP contribution >= 0.6 is 0 Å². The molecular formula is C13H12N6. The molecule has 0 saturated heterocycles. The van der Waals surface area contributed by atoms with Crippen LogP contribution in [0.1, 0.15) is 5.56 Å². The van der Waals surface area contributed by atoms with E-state index in [1.54, 1.807) is 6.21 Å². The monoisotopic (exact) mass is 252 g/mol. The first-order chi connectivity index (χ1) is 9.34. The molecule has 3 rings (SSSR count). The van der Waals surface area contributed by atoms with E-state index >= 15 is 0 Å². The molecule has 1 aromatic heterocycles. The molecule has 1 heterocycles. The molecule has 0 atom stereocenters. The first kappa shape index (κ1) is 11.2. The third-order valence-electron chi connectivity index (χ3n) is 2.76. The number of hydrogen-bond donors (Lipinski definition) is 2. The number of anilines is 1. The summed E-state index contributed by atoms with van der Waals surface area (Å²) in [5.41, 5.74) is 3.76. The Balaban J connectivity index is 1.87. The molecule has 19 heavy (non-hydrogen) atoms. The lowest BCUT2D eigenvalue weighted by Crippen LogP contribution is -2.10. The zero-order valence-electron chi connectivity index (χ0n) is 10.1.